The molecule has 1 aromatic heterocycles. The Balaban J connectivity index is 2.19. The molecule has 2 aromatic rings. The van der Waals surface area contributed by atoms with Crippen molar-refractivity contribution < 1.29 is 14.3 Å². The van der Waals surface area contributed by atoms with Crippen LogP contribution in [0.2, 0.25) is 0 Å². The molecule has 0 unspecified atom stereocenters. The van der Waals surface area contributed by atoms with E-state index in [1.165, 1.54) is 23.5 Å². The van der Waals surface area contributed by atoms with Crippen LogP contribution < -0.4 is 5.32 Å². The molecule has 0 aliphatic heterocycles. The zero-order valence-corrected chi connectivity index (χ0v) is 10.4. The Hall–Kier alpha value is -1.95. The number of nitrogens with zero attached hydrogens (tertiary/aromatic N) is 1. The van der Waals surface area contributed by atoms with E-state index in [4.69, 9.17) is 5.11 Å². The topological polar surface area (TPSA) is 62.2 Å². The van der Waals surface area contributed by atoms with Gasteiger partial charge in [-0.1, -0.05) is 0 Å². The number of benzene rings is 1. The van der Waals surface area contributed by atoms with Crippen LogP contribution in [0.15, 0.2) is 23.7 Å². The van der Waals surface area contributed by atoms with Crippen LogP contribution in [0.3, 0.4) is 0 Å². The van der Waals surface area contributed by atoms with E-state index in [1.54, 1.807) is 5.51 Å². The fourth-order valence-corrected chi connectivity index (χ4v) is 2.24. The van der Waals surface area contributed by atoms with E-state index in [1.807, 2.05) is 6.92 Å². The van der Waals surface area contributed by atoms with Gasteiger partial charge in [-0.05, 0) is 25.1 Å². The number of aromatic nitrogens is 1. The smallest absolute Gasteiger partial charge is 0.337 e. The first kappa shape index (κ1) is 12.5. The van der Waals surface area contributed by atoms with Gasteiger partial charge in [-0.3, -0.25) is 0 Å². The van der Waals surface area contributed by atoms with Gasteiger partial charge in [0, 0.05) is 10.6 Å². The van der Waals surface area contributed by atoms with Gasteiger partial charge in [-0.25, -0.2) is 14.2 Å². The zero-order chi connectivity index (χ0) is 13.1. The molecule has 2 rings (SSSR count). The first-order chi connectivity index (χ1) is 8.58. The molecule has 18 heavy (non-hydrogen) atoms. The first-order valence-corrected chi connectivity index (χ1v) is 6.11. The van der Waals surface area contributed by atoms with Gasteiger partial charge >= 0.3 is 5.97 Å². The second kappa shape index (κ2) is 5.14. The van der Waals surface area contributed by atoms with Crippen molar-refractivity contribution >= 4 is 23.0 Å². The van der Waals surface area contributed by atoms with E-state index in [9.17, 15) is 9.18 Å². The molecule has 1 aromatic carbocycles. The predicted octanol–water partition coefficient (Wildman–Crippen LogP) is 2.90. The quantitative estimate of drug-likeness (QED) is 0.893. The number of carboxylic acids is 1. The number of aromatic carboxylic acids is 1. The van der Waals surface area contributed by atoms with E-state index < -0.39 is 11.8 Å². The van der Waals surface area contributed by atoms with Crippen LogP contribution in [-0.4, -0.2) is 16.1 Å². The summed E-state index contributed by atoms with van der Waals surface area (Å²) in [5.74, 6) is -1.72. The molecule has 0 radical (unpaired) electrons. The van der Waals surface area contributed by atoms with Crippen molar-refractivity contribution in [1.29, 1.82) is 0 Å². The monoisotopic (exact) mass is 266 g/mol. The maximum Gasteiger partial charge on any atom is 0.337 e. The molecule has 4 nitrogen and oxygen atoms in total. The Morgan fingerprint density at radius 3 is 2.94 bits per heavy atom. The standard InChI is InChI=1S/C12H11FN2O2S/c1-7-11(18-6-15-7)5-14-10-3-2-8(13)4-9(10)12(16)17/h2-4,6,14H,5H2,1H3,(H,16,17). The van der Waals surface area contributed by atoms with Crippen LogP contribution in [-0.2, 0) is 6.54 Å². The SMILES string of the molecule is Cc1ncsc1CNc1ccc(F)cc1C(=O)O. The third-order valence-electron chi connectivity index (χ3n) is 2.50. The molecule has 0 atom stereocenters. The molecular formula is C12H11FN2O2S. The van der Waals surface area contributed by atoms with Gasteiger partial charge in [0.2, 0.25) is 0 Å². The van der Waals surface area contributed by atoms with E-state index in [0.29, 0.717) is 12.2 Å². The fourth-order valence-electron chi connectivity index (χ4n) is 1.52. The van der Waals surface area contributed by atoms with Crippen molar-refractivity contribution in [3.63, 3.8) is 0 Å². The summed E-state index contributed by atoms with van der Waals surface area (Å²) >= 11 is 1.49. The number of thiazole rings is 1. The van der Waals surface area contributed by atoms with Gasteiger partial charge in [-0.15, -0.1) is 11.3 Å². The minimum atomic E-state index is -1.15. The molecule has 1 heterocycles. The van der Waals surface area contributed by atoms with E-state index in [-0.39, 0.29) is 5.56 Å². The summed E-state index contributed by atoms with van der Waals surface area (Å²) in [4.78, 5) is 16.1. The van der Waals surface area contributed by atoms with Gasteiger partial charge in [-0.2, -0.15) is 0 Å². The van der Waals surface area contributed by atoms with Crippen molar-refractivity contribution in [3.8, 4) is 0 Å². The maximum atomic E-state index is 13.0. The van der Waals surface area contributed by atoms with Crippen molar-refractivity contribution in [2.75, 3.05) is 5.32 Å². The lowest BCUT2D eigenvalue weighted by atomic mass is 10.1. The summed E-state index contributed by atoms with van der Waals surface area (Å²) in [5, 5.41) is 12.0. The third-order valence-corrected chi connectivity index (χ3v) is 3.43. The Bertz CT molecular complexity index is 583. The van der Waals surface area contributed by atoms with Gasteiger partial charge in [0.05, 0.1) is 23.3 Å². The summed E-state index contributed by atoms with van der Waals surface area (Å²) < 4.78 is 13.0. The lowest BCUT2D eigenvalue weighted by Gasteiger charge is -2.08. The summed E-state index contributed by atoms with van der Waals surface area (Å²) in [5.41, 5.74) is 2.97. The highest BCUT2D eigenvalue weighted by Gasteiger charge is 2.11. The van der Waals surface area contributed by atoms with Gasteiger partial charge in [0.15, 0.2) is 0 Å². The number of hydrogen-bond acceptors (Lipinski definition) is 4. The number of hydrogen-bond donors (Lipinski definition) is 2. The molecule has 0 amide bonds. The number of carboxylic acid groups (broad SMARTS) is 1. The first-order valence-electron chi connectivity index (χ1n) is 5.23. The van der Waals surface area contributed by atoms with Crippen LogP contribution in [0.25, 0.3) is 0 Å². The minimum absolute atomic E-state index is 0.0721. The molecule has 0 bridgehead atoms. The molecule has 6 heteroatoms. The van der Waals surface area contributed by atoms with E-state index in [2.05, 4.69) is 10.3 Å². The Kier molecular flexibility index (Phi) is 3.57. The molecule has 0 aliphatic carbocycles. The van der Waals surface area contributed by atoms with Crippen molar-refractivity contribution in [3.05, 3.63) is 45.7 Å². The normalized spacial score (nSPS) is 10.3. The predicted molar refractivity (Wildman–Crippen MR) is 67.5 cm³/mol. The zero-order valence-electron chi connectivity index (χ0n) is 9.61. The molecule has 94 valence electrons. The number of nitrogens with one attached hydrogen (secondary N) is 1. The number of carbonyl (C=O) groups is 1. The summed E-state index contributed by atoms with van der Waals surface area (Å²) in [7, 11) is 0. The molecule has 0 saturated heterocycles. The lowest BCUT2D eigenvalue weighted by molar-refractivity contribution is 0.0697. The summed E-state index contributed by atoms with van der Waals surface area (Å²) in [6.07, 6.45) is 0. The number of anilines is 1. The Morgan fingerprint density at radius 1 is 1.56 bits per heavy atom. The van der Waals surface area contributed by atoms with Crippen molar-refractivity contribution in [1.82, 2.24) is 4.98 Å². The van der Waals surface area contributed by atoms with E-state index in [0.717, 1.165) is 16.6 Å². The van der Waals surface area contributed by atoms with Gasteiger partial charge in [0.1, 0.15) is 5.82 Å². The molecule has 0 spiro atoms. The number of rotatable bonds is 4. The molecule has 0 aliphatic rings. The highest BCUT2D eigenvalue weighted by molar-refractivity contribution is 7.09. The second-order valence-corrected chi connectivity index (χ2v) is 4.65. The minimum Gasteiger partial charge on any atom is -0.478 e. The third kappa shape index (κ3) is 2.65. The summed E-state index contributed by atoms with van der Waals surface area (Å²) in [6.45, 7) is 2.36. The van der Waals surface area contributed by atoms with Crippen molar-refractivity contribution in [2.45, 2.75) is 13.5 Å². The number of halogens is 1. The molecule has 2 N–H and O–H groups in total. The van der Waals surface area contributed by atoms with Crippen LogP contribution in [0, 0.1) is 12.7 Å². The van der Waals surface area contributed by atoms with Crippen LogP contribution in [0.5, 0.6) is 0 Å². The van der Waals surface area contributed by atoms with Crippen LogP contribution in [0.4, 0.5) is 10.1 Å². The lowest BCUT2D eigenvalue weighted by Crippen LogP contribution is -2.06. The largest absolute Gasteiger partial charge is 0.478 e. The average molecular weight is 266 g/mol. The molecule has 0 fully saturated rings. The number of aryl methyl sites for hydroxylation is 1. The van der Waals surface area contributed by atoms with Crippen LogP contribution in [0.1, 0.15) is 20.9 Å². The maximum absolute atomic E-state index is 13.0. The fraction of sp³-hybridized carbons (Fsp3) is 0.167. The summed E-state index contributed by atoms with van der Waals surface area (Å²) in [6, 6.07) is 3.66. The average Bonchev–Trinajstić information content (AvgIpc) is 2.73. The molecular weight excluding hydrogens is 255 g/mol. The van der Waals surface area contributed by atoms with Gasteiger partial charge in [0.25, 0.3) is 0 Å². The van der Waals surface area contributed by atoms with Crippen LogP contribution >= 0.6 is 11.3 Å². The highest BCUT2D eigenvalue weighted by Crippen LogP contribution is 2.20. The Labute approximate surface area is 107 Å². The second-order valence-electron chi connectivity index (χ2n) is 3.71. The van der Waals surface area contributed by atoms with Crippen molar-refractivity contribution in [2.24, 2.45) is 0 Å². The van der Waals surface area contributed by atoms with Gasteiger partial charge < -0.3 is 10.4 Å². The van der Waals surface area contributed by atoms with E-state index >= 15 is 0 Å². The molecule has 0 saturated carbocycles. The highest BCUT2D eigenvalue weighted by atomic mass is 32.1. The Morgan fingerprint density at radius 2 is 2.33 bits per heavy atom.